The third kappa shape index (κ3) is 3.23. The number of hydrogen-bond acceptors (Lipinski definition) is 3. The lowest BCUT2D eigenvalue weighted by Gasteiger charge is -2.35. The molecule has 1 N–H and O–H groups in total. The first kappa shape index (κ1) is 13.3. The fourth-order valence-electron chi connectivity index (χ4n) is 2.78. The summed E-state index contributed by atoms with van der Waals surface area (Å²) in [4.78, 5) is 2.47. The molecular weight excluding hydrogens is 304 g/mol. The second-order valence-corrected chi connectivity index (χ2v) is 6.40. The summed E-state index contributed by atoms with van der Waals surface area (Å²) in [5.74, 6) is 0.926. The van der Waals surface area contributed by atoms with Crippen LogP contribution in [0.15, 0.2) is 22.7 Å². The normalized spacial score (nSPS) is 23.5. The zero-order valence-electron chi connectivity index (χ0n) is 11.4. The van der Waals surface area contributed by atoms with Gasteiger partial charge in [-0.25, -0.2) is 0 Å². The van der Waals surface area contributed by atoms with Gasteiger partial charge >= 0.3 is 0 Å². The van der Waals surface area contributed by atoms with E-state index in [1.54, 1.807) is 7.11 Å². The van der Waals surface area contributed by atoms with Crippen LogP contribution in [-0.4, -0.2) is 32.3 Å². The SMILES string of the molecule is COc1ccc(Br)c(N2CCCC(NC3CC3)C2)c1. The molecule has 4 heteroatoms. The highest BCUT2D eigenvalue weighted by Crippen LogP contribution is 2.32. The number of piperidine rings is 1. The predicted octanol–water partition coefficient (Wildman–Crippen LogP) is 3.18. The van der Waals surface area contributed by atoms with Crippen molar-refractivity contribution in [3.05, 3.63) is 22.7 Å². The standard InChI is InChI=1S/C15H21BrN2O/c1-19-13-6-7-14(16)15(9-13)18-8-2-3-12(10-18)17-11-4-5-11/h6-7,9,11-12,17H,2-5,8,10H2,1H3. The topological polar surface area (TPSA) is 24.5 Å². The molecule has 1 aromatic rings. The Balaban J connectivity index is 1.72. The number of benzene rings is 1. The lowest BCUT2D eigenvalue weighted by molar-refractivity contribution is 0.410. The number of halogens is 1. The molecule has 0 bridgehead atoms. The average molecular weight is 325 g/mol. The highest BCUT2D eigenvalue weighted by molar-refractivity contribution is 9.10. The van der Waals surface area contributed by atoms with Gasteiger partial charge in [-0.2, -0.15) is 0 Å². The quantitative estimate of drug-likeness (QED) is 0.920. The van der Waals surface area contributed by atoms with E-state index in [1.807, 2.05) is 6.07 Å². The maximum Gasteiger partial charge on any atom is 0.121 e. The summed E-state index contributed by atoms with van der Waals surface area (Å²) in [6, 6.07) is 7.63. The third-order valence-corrected chi connectivity index (χ3v) is 4.63. The van der Waals surface area contributed by atoms with Gasteiger partial charge in [-0.3, -0.25) is 0 Å². The number of nitrogens with zero attached hydrogens (tertiary/aromatic N) is 1. The van der Waals surface area contributed by atoms with Crippen LogP contribution in [0.1, 0.15) is 25.7 Å². The molecule has 1 aliphatic carbocycles. The molecule has 0 amide bonds. The van der Waals surface area contributed by atoms with Crippen LogP contribution in [0.2, 0.25) is 0 Å². The Morgan fingerprint density at radius 2 is 2.11 bits per heavy atom. The lowest BCUT2D eigenvalue weighted by atomic mass is 10.0. The van der Waals surface area contributed by atoms with Crippen LogP contribution in [0.4, 0.5) is 5.69 Å². The summed E-state index contributed by atoms with van der Waals surface area (Å²) in [6.07, 6.45) is 5.28. The molecular formula is C15H21BrN2O. The molecule has 0 spiro atoms. The maximum absolute atomic E-state index is 5.34. The molecule has 0 radical (unpaired) electrons. The summed E-state index contributed by atoms with van der Waals surface area (Å²) < 4.78 is 6.49. The monoisotopic (exact) mass is 324 g/mol. The van der Waals surface area contributed by atoms with Crippen LogP contribution >= 0.6 is 15.9 Å². The molecule has 19 heavy (non-hydrogen) atoms. The molecule has 1 aromatic carbocycles. The van der Waals surface area contributed by atoms with Gasteiger partial charge in [-0.05, 0) is 53.7 Å². The van der Waals surface area contributed by atoms with Crippen molar-refractivity contribution in [2.75, 3.05) is 25.1 Å². The minimum absolute atomic E-state index is 0.638. The van der Waals surface area contributed by atoms with E-state index >= 15 is 0 Å². The van der Waals surface area contributed by atoms with Crippen molar-refractivity contribution in [1.29, 1.82) is 0 Å². The van der Waals surface area contributed by atoms with Gasteiger partial charge in [0, 0.05) is 35.7 Å². The van der Waals surface area contributed by atoms with Gasteiger partial charge in [0.1, 0.15) is 5.75 Å². The van der Waals surface area contributed by atoms with Crippen molar-refractivity contribution < 1.29 is 4.74 Å². The number of anilines is 1. The molecule has 0 aromatic heterocycles. The molecule has 1 aliphatic heterocycles. The Bertz CT molecular complexity index is 448. The summed E-state index contributed by atoms with van der Waals surface area (Å²) >= 11 is 3.66. The fraction of sp³-hybridized carbons (Fsp3) is 0.600. The van der Waals surface area contributed by atoms with E-state index in [4.69, 9.17) is 4.74 Å². The van der Waals surface area contributed by atoms with E-state index in [0.29, 0.717) is 6.04 Å². The Labute approximate surface area is 123 Å². The highest BCUT2D eigenvalue weighted by atomic mass is 79.9. The van der Waals surface area contributed by atoms with Crippen LogP contribution in [0.5, 0.6) is 5.75 Å². The number of hydrogen-bond donors (Lipinski definition) is 1. The first-order chi connectivity index (χ1) is 9.26. The Morgan fingerprint density at radius 1 is 1.26 bits per heavy atom. The minimum Gasteiger partial charge on any atom is -0.497 e. The number of rotatable bonds is 4. The summed E-state index contributed by atoms with van der Waals surface area (Å²) in [5, 5.41) is 3.75. The van der Waals surface area contributed by atoms with E-state index in [9.17, 15) is 0 Å². The molecule has 1 atom stereocenters. The molecule has 1 saturated carbocycles. The van der Waals surface area contributed by atoms with Crippen molar-refractivity contribution in [3.8, 4) is 5.75 Å². The second-order valence-electron chi connectivity index (χ2n) is 5.54. The molecule has 104 valence electrons. The number of ether oxygens (including phenoxy) is 1. The van der Waals surface area contributed by atoms with Crippen molar-refractivity contribution >= 4 is 21.6 Å². The van der Waals surface area contributed by atoms with E-state index in [0.717, 1.165) is 29.4 Å². The minimum atomic E-state index is 0.638. The van der Waals surface area contributed by atoms with Gasteiger partial charge in [0.2, 0.25) is 0 Å². The van der Waals surface area contributed by atoms with Crippen LogP contribution in [0.25, 0.3) is 0 Å². The zero-order valence-corrected chi connectivity index (χ0v) is 12.9. The van der Waals surface area contributed by atoms with Gasteiger partial charge < -0.3 is 15.0 Å². The van der Waals surface area contributed by atoms with Crippen LogP contribution < -0.4 is 15.0 Å². The Hall–Kier alpha value is -0.740. The Kier molecular flexibility index (Phi) is 3.99. The summed E-state index contributed by atoms with van der Waals surface area (Å²) in [5.41, 5.74) is 1.25. The van der Waals surface area contributed by atoms with Crippen LogP contribution in [0, 0.1) is 0 Å². The number of methoxy groups -OCH3 is 1. The fourth-order valence-corrected chi connectivity index (χ4v) is 3.27. The molecule has 3 rings (SSSR count). The lowest BCUT2D eigenvalue weighted by Crippen LogP contribution is -2.46. The van der Waals surface area contributed by atoms with E-state index in [1.165, 1.54) is 31.4 Å². The molecule has 3 nitrogen and oxygen atoms in total. The van der Waals surface area contributed by atoms with E-state index in [2.05, 4.69) is 38.3 Å². The van der Waals surface area contributed by atoms with Gasteiger partial charge in [0.05, 0.1) is 12.8 Å². The third-order valence-electron chi connectivity index (χ3n) is 3.96. The first-order valence-corrected chi connectivity index (χ1v) is 7.90. The predicted molar refractivity (Wildman–Crippen MR) is 82.1 cm³/mol. The van der Waals surface area contributed by atoms with Gasteiger partial charge in [-0.15, -0.1) is 0 Å². The largest absolute Gasteiger partial charge is 0.497 e. The van der Waals surface area contributed by atoms with Crippen molar-refractivity contribution in [2.45, 2.75) is 37.8 Å². The first-order valence-electron chi connectivity index (χ1n) is 7.11. The molecule has 1 saturated heterocycles. The second kappa shape index (κ2) is 5.71. The summed E-state index contributed by atoms with van der Waals surface area (Å²) in [7, 11) is 1.72. The van der Waals surface area contributed by atoms with Crippen molar-refractivity contribution in [3.63, 3.8) is 0 Å². The van der Waals surface area contributed by atoms with Gasteiger partial charge in [0.15, 0.2) is 0 Å². The van der Waals surface area contributed by atoms with Crippen molar-refractivity contribution in [1.82, 2.24) is 5.32 Å². The highest BCUT2D eigenvalue weighted by Gasteiger charge is 2.28. The maximum atomic E-state index is 5.34. The van der Waals surface area contributed by atoms with E-state index in [-0.39, 0.29) is 0 Å². The molecule has 1 heterocycles. The number of nitrogens with one attached hydrogen (secondary N) is 1. The van der Waals surface area contributed by atoms with Crippen LogP contribution in [-0.2, 0) is 0 Å². The molecule has 1 unspecified atom stereocenters. The smallest absolute Gasteiger partial charge is 0.121 e. The van der Waals surface area contributed by atoms with Crippen LogP contribution in [0.3, 0.4) is 0 Å². The molecule has 2 aliphatic rings. The molecule has 2 fully saturated rings. The zero-order chi connectivity index (χ0) is 13.2. The Morgan fingerprint density at radius 3 is 2.84 bits per heavy atom. The van der Waals surface area contributed by atoms with Gasteiger partial charge in [0.25, 0.3) is 0 Å². The van der Waals surface area contributed by atoms with E-state index < -0.39 is 0 Å². The summed E-state index contributed by atoms with van der Waals surface area (Å²) in [6.45, 7) is 2.23. The van der Waals surface area contributed by atoms with Crippen molar-refractivity contribution in [2.24, 2.45) is 0 Å². The van der Waals surface area contributed by atoms with Gasteiger partial charge in [-0.1, -0.05) is 0 Å². The average Bonchev–Trinajstić information content (AvgIpc) is 3.23.